The fourth-order valence-electron chi connectivity index (χ4n) is 1.33. The van der Waals surface area contributed by atoms with Crippen LogP contribution in [0.3, 0.4) is 0 Å². The highest BCUT2D eigenvalue weighted by molar-refractivity contribution is 9.10. The second-order valence-electron chi connectivity index (χ2n) is 3.48. The first kappa shape index (κ1) is 12.9. The Morgan fingerprint density at radius 1 is 0.941 bits per heavy atom. The fraction of sp³-hybridized carbons (Fsp3) is 0.0769. The summed E-state index contributed by atoms with van der Waals surface area (Å²) in [5.41, 5.74) is 0.970. The normalized spacial score (nSPS) is 10.3. The van der Waals surface area contributed by atoms with Crippen LogP contribution in [0.4, 0.5) is 0 Å². The summed E-state index contributed by atoms with van der Waals surface area (Å²) in [6.07, 6.45) is 0. The van der Waals surface area contributed by atoms with E-state index in [1.54, 1.807) is 0 Å². The van der Waals surface area contributed by atoms with Gasteiger partial charge in [-0.2, -0.15) is 0 Å². The van der Waals surface area contributed by atoms with Crippen LogP contribution in [-0.4, -0.2) is 0 Å². The summed E-state index contributed by atoms with van der Waals surface area (Å²) in [5.74, 6) is 0.826. The molecule has 0 spiro atoms. The molecule has 2 rings (SSSR count). The van der Waals surface area contributed by atoms with Crippen LogP contribution in [-0.2, 0) is 6.61 Å². The first-order chi connectivity index (χ1) is 8.15. The Balaban J connectivity index is 2.04. The van der Waals surface area contributed by atoms with E-state index in [1.807, 2.05) is 42.5 Å². The lowest BCUT2D eigenvalue weighted by Crippen LogP contribution is -1.96. The molecule has 4 heteroatoms. The average Bonchev–Trinajstić information content (AvgIpc) is 2.30. The SMILES string of the molecule is Clc1cc(Br)ccc1COc1ccc(Br)cc1. The van der Waals surface area contributed by atoms with Crippen molar-refractivity contribution < 1.29 is 4.74 Å². The van der Waals surface area contributed by atoms with Gasteiger partial charge in [0, 0.05) is 19.5 Å². The zero-order chi connectivity index (χ0) is 12.3. The minimum Gasteiger partial charge on any atom is -0.489 e. The van der Waals surface area contributed by atoms with Crippen molar-refractivity contribution in [1.82, 2.24) is 0 Å². The molecule has 1 nitrogen and oxygen atoms in total. The highest BCUT2D eigenvalue weighted by Crippen LogP contribution is 2.23. The molecular weight excluding hydrogens is 367 g/mol. The molecule has 0 amide bonds. The Morgan fingerprint density at radius 3 is 2.24 bits per heavy atom. The first-order valence-corrected chi connectivity index (χ1v) is 6.94. The summed E-state index contributed by atoms with van der Waals surface area (Å²) in [6.45, 7) is 0.466. The van der Waals surface area contributed by atoms with Gasteiger partial charge in [-0.15, -0.1) is 0 Å². The molecule has 0 bridgehead atoms. The molecule has 2 aromatic rings. The molecular formula is C13H9Br2ClO. The molecule has 88 valence electrons. The monoisotopic (exact) mass is 374 g/mol. The second-order valence-corrected chi connectivity index (χ2v) is 5.72. The molecule has 0 heterocycles. The third kappa shape index (κ3) is 3.73. The van der Waals surface area contributed by atoms with Crippen LogP contribution in [0.2, 0.25) is 5.02 Å². The van der Waals surface area contributed by atoms with Crippen molar-refractivity contribution in [2.75, 3.05) is 0 Å². The van der Waals surface area contributed by atoms with Crippen molar-refractivity contribution in [1.29, 1.82) is 0 Å². The molecule has 0 fully saturated rings. The maximum atomic E-state index is 6.10. The van der Waals surface area contributed by atoms with Crippen molar-refractivity contribution >= 4 is 43.5 Å². The maximum absolute atomic E-state index is 6.10. The van der Waals surface area contributed by atoms with Gasteiger partial charge in [-0.05, 0) is 36.4 Å². The molecule has 2 aromatic carbocycles. The molecule has 0 aliphatic rings. The lowest BCUT2D eigenvalue weighted by Gasteiger charge is -2.08. The second kappa shape index (κ2) is 5.89. The van der Waals surface area contributed by atoms with E-state index in [0.29, 0.717) is 11.6 Å². The van der Waals surface area contributed by atoms with Gasteiger partial charge in [0.15, 0.2) is 0 Å². The summed E-state index contributed by atoms with van der Waals surface area (Å²) in [4.78, 5) is 0. The number of hydrogen-bond donors (Lipinski definition) is 0. The minimum atomic E-state index is 0.466. The predicted molar refractivity (Wildman–Crippen MR) is 77.6 cm³/mol. The third-order valence-electron chi connectivity index (χ3n) is 2.22. The molecule has 0 aliphatic heterocycles. The van der Waals surface area contributed by atoms with Gasteiger partial charge >= 0.3 is 0 Å². The Bertz CT molecular complexity index is 511. The fourth-order valence-corrected chi connectivity index (χ4v) is 2.32. The largest absolute Gasteiger partial charge is 0.489 e. The smallest absolute Gasteiger partial charge is 0.119 e. The highest BCUT2D eigenvalue weighted by atomic mass is 79.9. The molecule has 0 radical (unpaired) electrons. The number of halogens is 3. The minimum absolute atomic E-state index is 0.466. The van der Waals surface area contributed by atoms with Crippen molar-refractivity contribution in [2.24, 2.45) is 0 Å². The van der Waals surface area contributed by atoms with E-state index >= 15 is 0 Å². The molecule has 17 heavy (non-hydrogen) atoms. The Morgan fingerprint density at radius 2 is 1.59 bits per heavy atom. The van der Waals surface area contributed by atoms with E-state index in [4.69, 9.17) is 16.3 Å². The van der Waals surface area contributed by atoms with Crippen LogP contribution in [0.1, 0.15) is 5.56 Å². The quantitative estimate of drug-likeness (QED) is 0.693. The van der Waals surface area contributed by atoms with Crippen LogP contribution in [0.15, 0.2) is 51.4 Å². The standard InChI is InChI=1S/C13H9Br2ClO/c14-10-3-5-12(6-4-10)17-8-9-1-2-11(15)7-13(9)16/h1-7H,8H2. The van der Waals surface area contributed by atoms with Gasteiger partial charge in [-0.3, -0.25) is 0 Å². The number of rotatable bonds is 3. The van der Waals surface area contributed by atoms with E-state index in [0.717, 1.165) is 20.3 Å². The zero-order valence-electron chi connectivity index (χ0n) is 8.79. The van der Waals surface area contributed by atoms with Gasteiger partial charge in [0.1, 0.15) is 12.4 Å². The van der Waals surface area contributed by atoms with E-state index in [1.165, 1.54) is 0 Å². The van der Waals surface area contributed by atoms with Gasteiger partial charge < -0.3 is 4.74 Å². The summed E-state index contributed by atoms with van der Waals surface area (Å²) < 4.78 is 7.65. The summed E-state index contributed by atoms with van der Waals surface area (Å²) in [6, 6.07) is 13.5. The van der Waals surface area contributed by atoms with Crippen LogP contribution >= 0.6 is 43.5 Å². The number of ether oxygens (including phenoxy) is 1. The van der Waals surface area contributed by atoms with E-state index in [-0.39, 0.29) is 0 Å². The van der Waals surface area contributed by atoms with Gasteiger partial charge in [0.05, 0.1) is 0 Å². The maximum Gasteiger partial charge on any atom is 0.119 e. The topological polar surface area (TPSA) is 9.23 Å². The van der Waals surface area contributed by atoms with Crippen LogP contribution in [0, 0.1) is 0 Å². The predicted octanol–water partition coefficient (Wildman–Crippen LogP) is 5.44. The van der Waals surface area contributed by atoms with E-state index < -0.39 is 0 Å². The van der Waals surface area contributed by atoms with Crippen LogP contribution < -0.4 is 4.74 Å². The Labute approximate surface area is 122 Å². The van der Waals surface area contributed by atoms with Crippen molar-refractivity contribution in [3.05, 3.63) is 62.0 Å². The molecule has 0 atom stereocenters. The van der Waals surface area contributed by atoms with Gasteiger partial charge in [-0.1, -0.05) is 49.5 Å². The molecule has 0 saturated carbocycles. The van der Waals surface area contributed by atoms with Gasteiger partial charge in [0.2, 0.25) is 0 Å². The third-order valence-corrected chi connectivity index (χ3v) is 3.60. The molecule has 0 unspecified atom stereocenters. The molecule has 0 N–H and O–H groups in total. The van der Waals surface area contributed by atoms with Gasteiger partial charge in [0.25, 0.3) is 0 Å². The van der Waals surface area contributed by atoms with Crippen LogP contribution in [0.25, 0.3) is 0 Å². The van der Waals surface area contributed by atoms with Crippen molar-refractivity contribution in [2.45, 2.75) is 6.61 Å². The summed E-state index contributed by atoms with van der Waals surface area (Å²) >= 11 is 12.9. The molecule has 0 saturated heterocycles. The highest BCUT2D eigenvalue weighted by Gasteiger charge is 2.02. The Hall–Kier alpha value is -0.510. The number of benzene rings is 2. The van der Waals surface area contributed by atoms with E-state index in [2.05, 4.69) is 31.9 Å². The molecule has 0 aliphatic carbocycles. The summed E-state index contributed by atoms with van der Waals surface area (Å²) in [5, 5.41) is 0.705. The number of hydrogen-bond acceptors (Lipinski definition) is 1. The zero-order valence-corrected chi connectivity index (χ0v) is 12.7. The van der Waals surface area contributed by atoms with Crippen molar-refractivity contribution in [3.8, 4) is 5.75 Å². The average molecular weight is 376 g/mol. The van der Waals surface area contributed by atoms with Crippen molar-refractivity contribution in [3.63, 3.8) is 0 Å². The lowest BCUT2D eigenvalue weighted by molar-refractivity contribution is 0.306. The van der Waals surface area contributed by atoms with E-state index in [9.17, 15) is 0 Å². The molecule has 0 aromatic heterocycles. The first-order valence-electron chi connectivity index (χ1n) is 4.97. The van der Waals surface area contributed by atoms with Crippen LogP contribution in [0.5, 0.6) is 5.75 Å². The Kier molecular flexibility index (Phi) is 4.48. The lowest BCUT2D eigenvalue weighted by atomic mass is 10.2. The van der Waals surface area contributed by atoms with Gasteiger partial charge in [-0.25, -0.2) is 0 Å². The summed E-state index contributed by atoms with van der Waals surface area (Å²) in [7, 11) is 0.